The summed E-state index contributed by atoms with van der Waals surface area (Å²) < 4.78 is 0. The first-order valence-electron chi connectivity index (χ1n) is 12.2. The third-order valence-electron chi connectivity index (χ3n) is 6.78. The standard InChI is InChI=1S/C27H33N3O3/c31-25(20-8-4-3-5-9-20)29-24-14-12-22(13-15-24)27(33)30-18-16-21(17-19-30)26(32)28-23-10-6-1-2-7-11-23/h3-5,8-9,12-15,21,23H,1-2,6-7,10-11,16-19H2,(H,28,32)(H,29,31). The zero-order valence-electron chi connectivity index (χ0n) is 19.1. The van der Waals surface area contributed by atoms with E-state index in [1.54, 1.807) is 36.4 Å². The van der Waals surface area contributed by atoms with Crippen LogP contribution in [0.1, 0.15) is 72.1 Å². The molecule has 1 saturated carbocycles. The van der Waals surface area contributed by atoms with Crippen LogP contribution < -0.4 is 10.6 Å². The van der Waals surface area contributed by atoms with Gasteiger partial charge in [0.05, 0.1) is 0 Å². The predicted octanol–water partition coefficient (Wildman–Crippen LogP) is 4.63. The van der Waals surface area contributed by atoms with E-state index in [1.165, 1.54) is 25.7 Å². The van der Waals surface area contributed by atoms with E-state index in [0.717, 1.165) is 12.8 Å². The minimum atomic E-state index is -0.182. The molecule has 174 valence electrons. The van der Waals surface area contributed by atoms with Crippen molar-refractivity contribution in [3.05, 3.63) is 65.7 Å². The zero-order valence-corrected chi connectivity index (χ0v) is 19.1. The lowest BCUT2D eigenvalue weighted by Crippen LogP contribution is -2.45. The van der Waals surface area contributed by atoms with Gasteiger partial charge in [0.15, 0.2) is 0 Å². The van der Waals surface area contributed by atoms with E-state index < -0.39 is 0 Å². The minimum Gasteiger partial charge on any atom is -0.353 e. The van der Waals surface area contributed by atoms with Crippen LogP contribution in [0.15, 0.2) is 54.6 Å². The Labute approximate surface area is 195 Å². The van der Waals surface area contributed by atoms with Gasteiger partial charge in [-0.2, -0.15) is 0 Å². The molecule has 1 aliphatic heterocycles. The maximum absolute atomic E-state index is 12.9. The van der Waals surface area contributed by atoms with Crippen LogP contribution in [0.25, 0.3) is 0 Å². The van der Waals surface area contributed by atoms with Gasteiger partial charge in [0.25, 0.3) is 11.8 Å². The van der Waals surface area contributed by atoms with Crippen LogP contribution in [-0.4, -0.2) is 41.8 Å². The summed E-state index contributed by atoms with van der Waals surface area (Å²) in [5.74, 6) is -0.0576. The Kier molecular flexibility index (Phi) is 7.76. The number of likely N-dealkylation sites (tertiary alicyclic amines) is 1. The van der Waals surface area contributed by atoms with Gasteiger partial charge < -0.3 is 15.5 Å². The molecule has 33 heavy (non-hydrogen) atoms. The molecular formula is C27H33N3O3. The van der Waals surface area contributed by atoms with Gasteiger partial charge in [-0.3, -0.25) is 14.4 Å². The van der Waals surface area contributed by atoms with Crippen LogP contribution in [0.4, 0.5) is 5.69 Å². The molecule has 2 aromatic rings. The van der Waals surface area contributed by atoms with Crippen molar-refractivity contribution in [2.24, 2.45) is 5.92 Å². The zero-order chi connectivity index (χ0) is 23.0. The number of hydrogen-bond acceptors (Lipinski definition) is 3. The average molecular weight is 448 g/mol. The summed E-state index contributed by atoms with van der Waals surface area (Å²) in [5, 5.41) is 6.11. The van der Waals surface area contributed by atoms with E-state index in [2.05, 4.69) is 10.6 Å². The lowest BCUT2D eigenvalue weighted by Gasteiger charge is -2.32. The molecule has 0 atom stereocenters. The van der Waals surface area contributed by atoms with Gasteiger partial charge in [0.2, 0.25) is 5.91 Å². The number of rotatable bonds is 5. The molecule has 2 aliphatic rings. The molecule has 0 radical (unpaired) electrons. The van der Waals surface area contributed by atoms with Crippen molar-refractivity contribution in [1.29, 1.82) is 0 Å². The summed E-state index contributed by atoms with van der Waals surface area (Å²) in [6.45, 7) is 1.18. The first kappa shape index (κ1) is 23.0. The smallest absolute Gasteiger partial charge is 0.255 e. The third-order valence-corrected chi connectivity index (χ3v) is 6.78. The molecule has 2 aromatic carbocycles. The molecule has 4 rings (SSSR count). The first-order valence-corrected chi connectivity index (χ1v) is 12.2. The average Bonchev–Trinajstić information content (AvgIpc) is 3.13. The Morgan fingerprint density at radius 3 is 2.00 bits per heavy atom. The summed E-state index contributed by atoms with van der Waals surface area (Å²) in [6.07, 6.45) is 8.53. The van der Waals surface area contributed by atoms with Gasteiger partial charge in [0.1, 0.15) is 0 Å². The molecule has 0 bridgehead atoms. The lowest BCUT2D eigenvalue weighted by atomic mass is 9.94. The van der Waals surface area contributed by atoms with Crippen molar-refractivity contribution < 1.29 is 14.4 Å². The Morgan fingerprint density at radius 1 is 0.727 bits per heavy atom. The second-order valence-electron chi connectivity index (χ2n) is 9.16. The Balaban J connectivity index is 1.26. The maximum Gasteiger partial charge on any atom is 0.255 e. The highest BCUT2D eigenvalue weighted by atomic mass is 16.2. The molecular weight excluding hydrogens is 414 g/mol. The van der Waals surface area contributed by atoms with Gasteiger partial charge in [-0.15, -0.1) is 0 Å². The van der Waals surface area contributed by atoms with Crippen LogP contribution in [-0.2, 0) is 4.79 Å². The SMILES string of the molecule is O=C(Nc1ccc(C(=O)N2CCC(C(=O)NC3CCCCCC3)CC2)cc1)c1ccccc1. The highest BCUT2D eigenvalue weighted by Gasteiger charge is 2.29. The second kappa shape index (κ2) is 11.1. The fourth-order valence-corrected chi connectivity index (χ4v) is 4.76. The fraction of sp³-hybridized carbons (Fsp3) is 0.444. The molecule has 0 aromatic heterocycles. The molecule has 1 saturated heterocycles. The fourth-order valence-electron chi connectivity index (χ4n) is 4.76. The first-order chi connectivity index (χ1) is 16.1. The predicted molar refractivity (Wildman–Crippen MR) is 129 cm³/mol. The van der Waals surface area contributed by atoms with Crippen molar-refractivity contribution >= 4 is 23.4 Å². The molecule has 0 unspecified atom stereocenters. The van der Waals surface area contributed by atoms with Gasteiger partial charge >= 0.3 is 0 Å². The Hall–Kier alpha value is -3.15. The number of anilines is 1. The molecule has 2 N–H and O–H groups in total. The molecule has 6 heteroatoms. The molecule has 3 amide bonds. The summed E-state index contributed by atoms with van der Waals surface area (Å²) in [7, 11) is 0. The Morgan fingerprint density at radius 2 is 1.36 bits per heavy atom. The van der Waals surface area contributed by atoms with Crippen molar-refractivity contribution in [2.45, 2.75) is 57.4 Å². The highest BCUT2D eigenvalue weighted by molar-refractivity contribution is 6.04. The van der Waals surface area contributed by atoms with E-state index >= 15 is 0 Å². The van der Waals surface area contributed by atoms with Crippen LogP contribution >= 0.6 is 0 Å². The number of carbonyl (C=O) groups is 3. The number of benzene rings is 2. The number of nitrogens with zero attached hydrogens (tertiary/aromatic N) is 1. The van der Waals surface area contributed by atoms with Gasteiger partial charge in [-0.1, -0.05) is 43.9 Å². The van der Waals surface area contributed by atoms with Crippen molar-refractivity contribution in [1.82, 2.24) is 10.2 Å². The number of piperidine rings is 1. The van der Waals surface area contributed by atoms with Crippen LogP contribution in [0.2, 0.25) is 0 Å². The van der Waals surface area contributed by atoms with Crippen molar-refractivity contribution in [3.63, 3.8) is 0 Å². The van der Waals surface area contributed by atoms with E-state index in [4.69, 9.17) is 0 Å². The van der Waals surface area contributed by atoms with Gasteiger partial charge in [-0.05, 0) is 62.1 Å². The third kappa shape index (κ3) is 6.21. The van der Waals surface area contributed by atoms with Crippen molar-refractivity contribution in [2.75, 3.05) is 18.4 Å². The van der Waals surface area contributed by atoms with Crippen LogP contribution in [0, 0.1) is 5.92 Å². The van der Waals surface area contributed by atoms with Crippen LogP contribution in [0.5, 0.6) is 0 Å². The number of amides is 3. The molecule has 2 fully saturated rings. The number of carbonyl (C=O) groups excluding carboxylic acids is 3. The van der Waals surface area contributed by atoms with Gasteiger partial charge in [-0.25, -0.2) is 0 Å². The highest BCUT2D eigenvalue weighted by Crippen LogP contribution is 2.22. The van der Waals surface area contributed by atoms with E-state index in [0.29, 0.717) is 48.8 Å². The van der Waals surface area contributed by atoms with E-state index in [-0.39, 0.29) is 23.6 Å². The maximum atomic E-state index is 12.9. The number of nitrogens with one attached hydrogen (secondary N) is 2. The summed E-state index contributed by atoms with van der Waals surface area (Å²) in [4.78, 5) is 39.7. The molecule has 6 nitrogen and oxygen atoms in total. The molecule has 1 heterocycles. The molecule has 1 aliphatic carbocycles. The largest absolute Gasteiger partial charge is 0.353 e. The minimum absolute atomic E-state index is 0.00659. The van der Waals surface area contributed by atoms with E-state index in [9.17, 15) is 14.4 Å². The van der Waals surface area contributed by atoms with E-state index in [1.807, 2.05) is 23.1 Å². The van der Waals surface area contributed by atoms with Gasteiger partial charge in [0, 0.05) is 41.9 Å². The van der Waals surface area contributed by atoms with Crippen LogP contribution in [0.3, 0.4) is 0 Å². The normalized spacial score (nSPS) is 17.8. The number of hydrogen-bond donors (Lipinski definition) is 2. The summed E-state index contributed by atoms with van der Waals surface area (Å²) >= 11 is 0. The summed E-state index contributed by atoms with van der Waals surface area (Å²) in [6, 6.07) is 16.3. The lowest BCUT2D eigenvalue weighted by molar-refractivity contribution is -0.127. The summed E-state index contributed by atoms with van der Waals surface area (Å²) in [5.41, 5.74) is 1.83. The van der Waals surface area contributed by atoms with Crippen molar-refractivity contribution in [3.8, 4) is 0 Å². The monoisotopic (exact) mass is 447 g/mol. The second-order valence-corrected chi connectivity index (χ2v) is 9.16. The quantitative estimate of drug-likeness (QED) is 0.656. The molecule has 0 spiro atoms. The Bertz CT molecular complexity index is 942. The topological polar surface area (TPSA) is 78.5 Å².